The van der Waals surface area contributed by atoms with Crippen LogP contribution in [0.15, 0.2) is 33.0 Å². The fourth-order valence-corrected chi connectivity index (χ4v) is 1.77. The minimum atomic E-state index is -4.42. The molecule has 0 saturated carbocycles. The van der Waals surface area contributed by atoms with Gasteiger partial charge in [-0.15, -0.1) is 0 Å². The van der Waals surface area contributed by atoms with Crippen LogP contribution in [0.2, 0.25) is 0 Å². The molecule has 16 heavy (non-hydrogen) atoms. The van der Waals surface area contributed by atoms with Gasteiger partial charge in [-0.3, -0.25) is 4.55 Å². The van der Waals surface area contributed by atoms with Gasteiger partial charge in [0.15, 0.2) is 6.20 Å². The van der Waals surface area contributed by atoms with Crippen molar-refractivity contribution >= 4 is 22.3 Å². The normalized spacial score (nSPS) is 27.6. The van der Waals surface area contributed by atoms with Crippen LogP contribution < -0.4 is 29.6 Å². The predicted octanol–water partition coefficient (Wildman–Crippen LogP) is -2.65. The maximum Gasteiger partial charge on any atom is 1.00 e. The second-order valence-corrected chi connectivity index (χ2v) is 4.59. The van der Waals surface area contributed by atoms with E-state index >= 15 is 0 Å². The smallest absolute Gasteiger partial charge is 1.00 e. The van der Waals surface area contributed by atoms with E-state index in [0.29, 0.717) is 5.57 Å². The molecule has 0 aromatic rings. The molecule has 2 heterocycles. The Balaban J connectivity index is 0.00000128. The van der Waals surface area contributed by atoms with Gasteiger partial charge in [0, 0.05) is 11.8 Å². The van der Waals surface area contributed by atoms with Crippen LogP contribution in [0, 0.1) is 0 Å². The summed E-state index contributed by atoms with van der Waals surface area (Å²) in [4.78, 5) is 7.27. The molecule has 1 atom stereocenters. The maximum absolute atomic E-state index is 10.8. The van der Waals surface area contributed by atoms with Gasteiger partial charge < -0.3 is 1.43 Å². The van der Waals surface area contributed by atoms with Crippen molar-refractivity contribution < 1.29 is 53.8 Å². The summed E-state index contributed by atoms with van der Waals surface area (Å²) < 4.78 is 29.4. The van der Waals surface area contributed by atoms with E-state index in [-0.39, 0.29) is 36.9 Å². The quantitative estimate of drug-likeness (QED) is 0.303. The number of allylic oxidation sites excluding steroid dienone is 1. The molecule has 0 amide bonds. The molecule has 2 rings (SSSR count). The first-order chi connectivity index (χ1) is 6.81. The first kappa shape index (κ1) is 13.7. The minimum absolute atomic E-state index is 0. The van der Waals surface area contributed by atoms with Gasteiger partial charge in [0.2, 0.25) is 5.03 Å². The van der Waals surface area contributed by atoms with E-state index in [9.17, 15) is 13.6 Å². The Morgan fingerprint density at radius 3 is 2.62 bits per heavy atom. The van der Waals surface area contributed by atoms with Gasteiger partial charge in [-0.25, -0.2) is 0 Å². The molecule has 0 aromatic heterocycles. The van der Waals surface area contributed by atoms with Crippen molar-refractivity contribution in [3.05, 3.63) is 23.0 Å². The number of nitrogens with zero attached hydrogens (tertiary/aromatic N) is 3. The van der Waals surface area contributed by atoms with E-state index in [1.54, 1.807) is 6.92 Å². The van der Waals surface area contributed by atoms with E-state index in [0.717, 1.165) is 6.20 Å². The van der Waals surface area contributed by atoms with Gasteiger partial charge in [0.25, 0.3) is 0 Å². The third-order valence-electron chi connectivity index (χ3n) is 1.89. The molecule has 9 heteroatoms. The van der Waals surface area contributed by atoms with E-state index < -0.39 is 19.8 Å². The largest absolute Gasteiger partial charge is 1.00 e. The molecule has 82 valence electrons. The molecule has 1 unspecified atom stereocenters. The Labute approximate surface area is 116 Å². The molecule has 0 fully saturated rings. The van der Waals surface area contributed by atoms with Crippen molar-refractivity contribution in [2.24, 2.45) is 9.98 Å². The summed E-state index contributed by atoms with van der Waals surface area (Å²) in [6.07, 6.45) is 3.68. The van der Waals surface area contributed by atoms with Crippen molar-refractivity contribution in [1.29, 1.82) is 0 Å². The Morgan fingerprint density at radius 1 is 1.44 bits per heavy atom. The molecule has 7 nitrogen and oxygen atoms in total. The van der Waals surface area contributed by atoms with Crippen molar-refractivity contribution in [2.75, 3.05) is 0 Å². The summed E-state index contributed by atoms with van der Waals surface area (Å²) in [5.74, 6) is -0.117. The molecule has 2 aliphatic rings. The van der Waals surface area contributed by atoms with Crippen LogP contribution in [-0.2, 0) is 10.1 Å². The van der Waals surface area contributed by atoms with Gasteiger partial charge in [-0.2, -0.15) is 23.6 Å². The number of fused-ring (bicyclic) bond motifs is 1. The number of hydrogen-bond donors (Lipinski definition) is 2. The van der Waals surface area contributed by atoms with Gasteiger partial charge in [-0.1, -0.05) is 4.65 Å². The second-order valence-electron chi connectivity index (χ2n) is 3.22. The van der Waals surface area contributed by atoms with Crippen LogP contribution in [0.25, 0.3) is 0 Å². The van der Waals surface area contributed by atoms with Crippen LogP contribution in [-0.4, -0.2) is 35.0 Å². The van der Waals surface area contributed by atoms with Crippen LogP contribution in [0.1, 0.15) is 8.35 Å². The molecule has 0 spiro atoms. The fraction of sp³-hybridized carbons (Fsp3) is 0.143. The maximum atomic E-state index is 10.8. The third kappa shape index (κ3) is 2.33. The van der Waals surface area contributed by atoms with Crippen molar-refractivity contribution in [3.8, 4) is 0 Å². The molecule has 0 aliphatic carbocycles. The summed E-state index contributed by atoms with van der Waals surface area (Å²) >= 11 is 0. The summed E-state index contributed by atoms with van der Waals surface area (Å²) in [6, 6.07) is 0. The zero-order valence-electron chi connectivity index (χ0n) is 9.69. The van der Waals surface area contributed by atoms with E-state index in [2.05, 4.69) is 9.98 Å². The number of guanidine groups is 1. The number of hydrogen-bond acceptors (Lipinski definition) is 5. The average Bonchev–Trinajstić information content (AvgIpc) is 2.39. The molecule has 0 saturated heterocycles. The zero-order chi connectivity index (χ0) is 11.3. The van der Waals surface area contributed by atoms with E-state index in [4.69, 9.17) is 4.55 Å². The number of hydroxylamine groups is 3. The molecule has 0 bridgehead atoms. The van der Waals surface area contributed by atoms with E-state index in [1.165, 1.54) is 12.4 Å². The van der Waals surface area contributed by atoms with E-state index in [1.807, 2.05) is 0 Å². The number of quaternary nitrogens is 1. The van der Waals surface area contributed by atoms with Crippen LogP contribution in [0.5, 0.6) is 0 Å². The Kier molecular flexibility index (Phi) is 3.56. The van der Waals surface area contributed by atoms with Crippen LogP contribution >= 0.6 is 0 Å². The van der Waals surface area contributed by atoms with Crippen molar-refractivity contribution in [3.63, 3.8) is 0 Å². The van der Waals surface area contributed by atoms with Crippen molar-refractivity contribution in [2.45, 2.75) is 6.92 Å². The van der Waals surface area contributed by atoms with Gasteiger partial charge in [-0.05, 0) is 6.92 Å². The van der Waals surface area contributed by atoms with Gasteiger partial charge in [0.05, 0.1) is 0 Å². The second kappa shape index (κ2) is 4.15. The molecule has 2 N–H and O–H groups in total. The summed E-state index contributed by atoms with van der Waals surface area (Å²) in [5.41, 5.74) is 0.657. The molecular weight excluding hydrogens is 245 g/mol. The summed E-state index contributed by atoms with van der Waals surface area (Å²) in [7, 11) is -4.42. The van der Waals surface area contributed by atoms with Gasteiger partial charge >= 0.3 is 45.6 Å². The van der Waals surface area contributed by atoms with Crippen molar-refractivity contribution in [1.82, 2.24) is 0 Å². The van der Waals surface area contributed by atoms with Crippen LogP contribution in [0.3, 0.4) is 0 Å². The third-order valence-corrected chi connectivity index (χ3v) is 2.61. The predicted molar refractivity (Wildman–Crippen MR) is 52.5 cm³/mol. The Morgan fingerprint density at radius 2 is 2.06 bits per heavy atom. The average molecular weight is 254 g/mol. The standard InChI is InChI=1S/C7H7N3O4S.Na.H/c1-5-2-8-7-9-6(15(12,13)14)4-10(7,11)3-5;;/h2-4,11H,1H3;;/q;+1;-1/p+1. The molecule has 0 aromatic carbocycles. The molecule has 2 aliphatic heterocycles. The Hall–Kier alpha value is -0.350. The SMILES string of the molecule is CC1=C[N+]2(O)C=C(S(=O)(=O)O)N=C2N=C1.[H-].[Na+]. The molecule has 0 radical (unpaired) electrons. The summed E-state index contributed by atoms with van der Waals surface area (Å²) in [5, 5.41) is 9.27. The minimum Gasteiger partial charge on any atom is -1.00 e. The van der Waals surface area contributed by atoms with Crippen LogP contribution in [0.4, 0.5) is 0 Å². The number of rotatable bonds is 1. The molecular formula is C7H9N3NaO4S+. The Bertz CT molecular complexity index is 553. The first-order valence-corrected chi connectivity index (χ1v) is 5.40. The van der Waals surface area contributed by atoms with Gasteiger partial charge in [0.1, 0.15) is 6.20 Å². The topological polar surface area (TPSA) is 99.3 Å². The zero-order valence-corrected chi connectivity index (χ0v) is 11.5. The first-order valence-electron chi connectivity index (χ1n) is 3.96. The fourth-order valence-electron chi connectivity index (χ4n) is 1.28. The monoisotopic (exact) mass is 254 g/mol. The number of aliphatic imine (C=N–C) groups is 2. The summed E-state index contributed by atoms with van der Waals surface area (Å²) in [6.45, 7) is 1.69.